The Balaban J connectivity index is 1.96. The van der Waals surface area contributed by atoms with Crippen molar-refractivity contribution in [1.29, 1.82) is 0 Å². The molecule has 1 aromatic carbocycles. The number of aromatic amines is 1. The number of nitrogens with one attached hydrogen (secondary N) is 1. The Bertz CT molecular complexity index is 1200. The van der Waals surface area contributed by atoms with Crippen LogP contribution in [0.3, 0.4) is 0 Å². The van der Waals surface area contributed by atoms with Crippen LogP contribution in [0.15, 0.2) is 58.4 Å². The summed E-state index contributed by atoms with van der Waals surface area (Å²) in [5.74, 6) is 0.841. The molecule has 0 aliphatic heterocycles. The van der Waals surface area contributed by atoms with Crippen LogP contribution in [-0.4, -0.2) is 27.0 Å². The predicted molar refractivity (Wildman–Crippen MR) is 128 cm³/mol. The van der Waals surface area contributed by atoms with Crippen molar-refractivity contribution in [2.24, 2.45) is 5.92 Å². The van der Waals surface area contributed by atoms with E-state index in [-0.39, 0.29) is 29.9 Å². The third kappa shape index (κ3) is 5.68. The second kappa shape index (κ2) is 10.6. The molecule has 0 aliphatic rings. The quantitative estimate of drug-likeness (QED) is 0.514. The fraction of sp³-hybridized carbons (Fsp3) is 0.333. The van der Waals surface area contributed by atoms with Gasteiger partial charge in [-0.25, -0.2) is 4.79 Å². The van der Waals surface area contributed by atoms with E-state index >= 15 is 0 Å². The van der Waals surface area contributed by atoms with Crippen LogP contribution in [0.2, 0.25) is 0 Å². The smallest absolute Gasteiger partial charge is 0.330 e. The molecule has 0 fully saturated rings. The Labute approximate surface area is 191 Å². The molecule has 9 heteroatoms. The van der Waals surface area contributed by atoms with Crippen LogP contribution in [0.4, 0.5) is 11.5 Å². The average molecular weight is 452 g/mol. The summed E-state index contributed by atoms with van der Waals surface area (Å²) in [5, 5.41) is 0. The van der Waals surface area contributed by atoms with Gasteiger partial charge in [-0.05, 0) is 48.7 Å². The first-order valence-corrected chi connectivity index (χ1v) is 10.9. The summed E-state index contributed by atoms with van der Waals surface area (Å²) < 4.78 is 7.03. The highest BCUT2D eigenvalue weighted by atomic mass is 16.5. The van der Waals surface area contributed by atoms with Gasteiger partial charge in [-0.3, -0.25) is 24.1 Å². The molecule has 9 nitrogen and oxygen atoms in total. The molecular weight excluding hydrogens is 422 g/mol. The molecule has 2 aromatic heterocycles. The fourth-order valence-corrected chi connectivity index (χ4v) is 3.38. The van der Waals surface area contributed by atoms with E-state index in [2.05, 4.69) is 9.97 Å². The van der Waals surface area contributed by atoms with Crippen molar-refractivity contribution >= 4 is 17.4 Å². The van der Waals surface area contributed by atoms with E-state index in [9.17, 15) is 14.4 Å². The van der Waals surface area contributed by atoms with E-state index in [4.69, 9.17) is 10.5 Å². The zero-order valence-corrected chi connectivity index (χ0v) is 19.1. The van der Waals surface area contributed by atoms with Gasteiger partial charge in [-0.1, -0.05) is 27.2 Å². The Hall–Kier alpha value is -3.88. The number of nitrogens with two attached hydrogens (primary N) is 1. The van der Waals surface area contributed by atoms with Crippen molar-refractivity contribution in [3.63, 3.8) is 0 Å². The minimum Gasteiger partial charge on any atom is -0.456 e. The maximum absolute atomic E-state index is 13.4. The number of amides is 1. The molecule has 33 heavy (non-hydrogen) atoms. The molecule has 3 rings (SSSR count). The highest BCUT2D eigenvalue weighted by Crippen LogP contribution is 2.24. The first-order chi connectivity index (χ1) is 15.8. The van der Waals surface area contributed by atoms with E-state index in [0.717, 1.165) is 6.42 Å². The van der Waals surface area contributed by atoms with E-state index in [0.29, 0.717) is 30.0 Å². The van der Waals surface area contributed by atoms with Gasteiger partial charge in [0.05, 0.1) is 6.20 Å². The Morgan fingerprint density at radius 3 is 2.52 bits per heavy atom. The monoisotopic (exact) mass is 451 g/mol. The number of rotatable bonds is 9. The van der Waals surface area contributed by atoms with Crippen molar-refractivity contribution in [3.8, 4) is 11.5 Å². The molecular formula is C24H29N5O4. The van der Waals surface area contributed by atoms with E-state index in [1.807, 2.05) is 20.8 Å². The van der Waals surface area contributed by atoms with Gasteiger partial charge in [0.15, 0.2) is 5.69 Å². The summed E-state index contributed by atoms with van der Waals surface area (Å²) in [6.07, 6.45) is 4.71. The van der Waals surface area contributed by atoms with Crippen molar-refractivity contribution in [1.82, 2.24) is 14.5 Å². The van der Waals surface area contributed by atoms with Gasteiger partial charge in [0.25, 0.3) is 11.5 Å². The van der Waals surface area contributed by atoms with Gasteiger partial charge < -0.3 is 15.4 Å². The van der Waals surface area contributed by atoms with Crippen LogP contribution >= 0.6 is 0 Å². The number of ether oxygens (including phenoxy) is 1. The average Bonchev–Trinajstić information content (AvgIpc) is 2.79. The fourth-order valence-electron chi connectivity index (χ4n) is 3.38. The maximum Gasteiger partial charge on any atom is 0.330 e. The molecule has 1 amide bonds. The van der Waals surface area contributed by atoms with Crippen molar-refractivity contribution in [3.05, 3.63) is 75.2 Å². The van der Waals surface area contributed by atoms with Crippen LogP contribution in [0.5, 0.6) is 11.5 Å². The predicted octanol–water partition coefficient (Wildman–Crippen LogP) is 3.41. The zero-order chi connectivity index (χ0) is 24.0. The maximum atomic E-state index is 13.4. The van der Waals surface area contributed by atoms with Gasteiger partial charge in [-0.15, -0.1) is 0 Å². The van der Waals surface area contributed by atoms with Gasteiger partial charge in [0, 0.05) is 24.8 Å². The number of aromatic nitrogens is 3. The number of hydrogen-bond acceptors (Lipinski definition) is 6. The second-order valence-electron chi connectivity index (χ2n) is 8.12. The minimum absolute atomic E-state index is 0.00983. The SMILES string of the molecule is CCCCN(C(=O)c1ccc(Oc2cccnc2)cc1)c1c(N)n(CC(C)C)c(=O)[nH]c1=O. The van der Waals surface area contributed by atoms with E-state index in [1.165, 1.54) is 9.47 Å². The number of unbranched alkanes of at least 4 members (excludes halogenated alkanes) is 1. The topological polar surface area (TPSA) is 123 Å². The van der Waals surface area contributed by atoms with Crippen molar-refractivity contribution in [2.75, 3.05) is 17.2 Å². The molecule has 0 unspecified atom stereocenters. The largest absolute Gasteiger partial charge is 0.456 e. The third-order valence-corrected chi connectivity index (χ3v) is 4.98. The number of hydrogen-bond donors (Lipinski definition) is 2. The molecule has 3 N–H and O–H groups in total. The number of carbonyl (C=O) groups is 1. The van der Waals surface area contributed by atoms with Gasteiger partial charge >= 0.3 is 5.69 Å². The first-order valence-electron chi connectivity index (χ1n) is 10.9. The number of benzene rings is 1. The Kier molecular flexibility index (Phi) is 7.66. The summed E-state index contributed by atoms with van der Waals surface area (Å²) >= 11 is 0. The van der Waals surface area contributed by atoms with Crippen molar-refractivity contribution in [2.45, 2.75) is 40.2 Å². The van der Waals surface area contributed by atoms with Crippen molar-refractivity contribution < 1.29 is 9.53 Å². The molecule has 0 saturated carbocycles. The zero-order valence-electron chi connectivity index (χ0n) is 19.1. The van der Waals surface area contributed by atoms with E-state index < -0.39 is 11.2 Å². The lowest BCUT2D eigenvalue weighted by molar-refractivity contribution is 0.0986. The lowest BCUT2D eigenvalue weighted by Crippen LogP contribution is -2.42. The number of anilines is 2. The summed E-state index contributed by atoms with van der Waals surface area (Å²) in [7, 11) is 0. The lowest BCUT2D eigenvalue weighted by atomic mass is 10.1. The molecule has 0 saturated heterocycles. The molecule has 0 bridgehead atoms. The number of carbonyl (C=O) groups excluding carboxylic acids is 1. The number of nitrogens with zero attached hydrogens (tertiary/aromatic N) is 3. The molecule has 0 aliphatic carbocycles. The van der Waals surface area contributed by atoms with Gasteiger partial charge in [-0.2, -0.15) is 0 Å². The molecule has 0 radical (unpaired) electrons. The molecule has 0 spiro atoms. The normalized spacial score (nSPS) is 10.9. The van der Waals surface area contributed by atoms with E-state index in [1.54, 1.807) is 48.8 Å². The molecule has 3 aromatic rings. The summed E-state index contributed by atoms with van der Waals surface area (Å²) in [5.41, 5.74) is 5.34. The summed E-state index contributed by atoms with van der Waals surface area (Å²) in [4.78, 5) is 46.1. The lowest BCUT2D eigenvalue weighted by Gasteiger charge is -2.25. The number of pyridine rings is 1. The van der Waals surface area contributed by atoms with Crippen LogP contribution in [0.25, 0.3) is 0 Å². The second-order valence-corrected chi connectivity index (χ2v) is 8.12. The highest BCUT2D eigenvalue weighted by Gasteiger charge is 2.25. The molecule has 0 atom stereocenters. The molecule has 2 heterocycles. The number of H-pyrrole nitrogens is 1. The third-order valence-electron chi connectivity index (χ3n) is 4.98. The minimum atomic E-state index is -0.682. The van der Waals surface area contributed by atoms with Crippen LogP contribution in [0.1, 0.15) is 44.0 Å². The van der Waals surface area contributed by atoms with Crippen LogP contribution < -0.4 is 26.6 Å². The Morgan fingerprint density at radius 1 is 1.18 bits per heavy atom. The standard InChI is InChI=1S/C24H29N5O4/c1-4-5-13-28(20-21(25)29(15-16(2)3)24(32)27-22(20)30)23(31)17-8-10-18(11-9-17)33-19-7-6-12-26-14-19/h6-12,14,16H,4-5,13,15,25H2,1-3H3,(H,27,30,32). The van der Waals surface area contributed by atoms with Crippen LogP contribution in [0, 0.1) is 5.92 Å². The highest BCUT2D eigenvalue weighted by molar-refractivity contribution is 6.07. The van der Waals surface area contributed by atoms with Gasteiger partial charge in [0.1, 0.15) is 17.3 Å². The summed E-state index contributed by atoms with van der Waals surface area (Å²) in [6.45, 7) is 6.47. The summed E-state index contributed by atoms with van der Waals surface area (Å²) in [6, 6.07) is 10.1. The number of nitrogen functional groups attached to an aromatic ring is 1. The first kappa shape index (κ1) is 23.8. The van der Waals surface area contributed by atoms with Crippen LogP contribution in [-0.2, 0) is 6.54 Å². The Morgan fingerprint density at radius 2 is 1.91 bits per heavy atom. The molecule has 174 valence electrons. The van der Waals surface area contributed by atoms with Gasteiger partial charge in [0.2, 0.25) is 0 Å².